The van der Waals surface area contributed by atoms with Crippen molar-refractivity contribution in [1.29, 1.82) is 0 Å². The first-order chi connectivity index (χ1) is 14.3. The van der Waals surface area contributed by atoms with Crippen LogP contribution in [0.5, 0.6) is 0 Å². The number of anilines is 1. The fourth-order valence-electron chi connectivity index (χ4n) is 4.84. The molecule has 0 atom stereocenters. The van der Waals surface area contributed by atoms with Crippen molar-refractivity contribution in [3.63, 3.8) is 0 Å². The van der Waals surface area contributed by atoms with E-state index in [0.29, 0.717) is 13.2 Å². The van der Waals surface area contributed by atoms with E-state index in [2.05, 4.69) is 9.88 Å². The average Bonchev–Trinajstić information content (AvgIpc) is 3.39. The molecule has 2 saturated heterocycles. The van der Waals surface area contributed by atoms with Crippen LogP contribution in [-0.2, 0) is 22.3 Å². The van der Waals surface area contributed by atoms with E-state index in [1.54, 1.807) is 6.20 Å². The maximum absolute atomic E-state index is 5.93. The Morgan fingerprint density at radius 2 is 1.86 bits per heavy atom. The Hall–Kier alpha value is -2.09. The van der Waals surface area contributed by atoms with Crippen LogP contribution in [0.3, 0.4) is 0 Å². The first-order valence-corrected chi connectivity index (χ1v) is 11.4. The van der Waals surface area contributed by atoms with Crippen LogP contribution in [0.1, 0.15) is 36.1 Å². The molecule has 0 unspecified atom stereocenters. The lowest BCUT2D eigenvalue weighted by Crippen LogP contribution is -2.45. The molecule has 0 aromatic carbocycles. The molecule has 29 heavy (non-hydrogen) atoms. The number of aromatic nitrogens is 3. The van der Waals surface area contributed by atoms with Gasteiger partial charge in [-0.15, -0.1) is 11.3 Å². The molecule has 0 N–H and O–H groups in total. The molecule has 6 rings (SSSR count). The van der Waals surface area contributed by atoms with Crippen molar-refractivity contribution in [2.24, 2.45) is 0 Å². The summed E-state index contributed by atoms with van der Waals surface area (Å²) in [5.74, 6) is 1.48. The molecular formula is C22H24N4O2S. The predicted molar refractivity (Wildman–Crippen MR) is 113 cm³/mol. The largest absolute Gasteiger partial charge is 0.356 e. The number of hydrogen-bond donors (Lipinski definition) is 0. The van der Waals surface area contributed by atoms with Crippen molar-refractivity contribution >= 4 is 27.4 Å². The van der Waals surface area contributed by atoms with Gasteiger partial charge in [-0.3, -0.25) is 4.98 Å². The highest BCUT2D eigenvalue weighted by molar-refractivity contribution is 7.19. The molecule has 6 nitrogen and oxygen atoms in total. The maximum atomic E-state index is 5.93. The second kappa shape index (κ2) is 7.00. The Morgan fingerprint density at radius 1 is 1.03 bits per heavy atom. The molecule has 2 aliphatic heterocycles. The minimum atomic E-state index is -0.372. The van der Waals surface area contributed by atoms with Gasteiger partial charge < -0.3 is 14.4 Å². The van der Waals surface area contributed by atoms with Gasteiger partial charge in [-0.25, -0.2) is 9.97 Å². The third kappa shape index (κ3) is 3.03. The van der Waals surface area contributed by atoms with E-state index in [1.807, 2.05) is 29.7 Å². The molecule has 5 heterocycles. The van der Waals surface area contributed by atoms with E-state index in [-0.39, 0.29) is 5.79 Å². The summed E-state index contributed by atoms with van der Waals surface area (Å²) in [6.45, 7) is 3.20. The highest BCUT2D eigenvalue weighted by Gasteiger charge is 2.40. The number of fused-ring (bicyclic) bond motifs is 3. The van der Waals surface area contributed by atoms with Crippen molar-refractivity contribution < 1.29 is 9.47 Å². The topological polar surface area (TPSA) is 60.4 Å². The van der Waals surface area contributed by atoms with Crippen molar-refractivity contribution in [3.05, 3.63) is 35.0 Å². The van der Waals surface area contributed by atoms with Crippen molar-refractivity contribution in [1.82, 2.24) is 15.0 Å². The van der Waals surface area contributed by atoms with E-state index < -0.39 is 0 Å². The number of ether oxygens (including phenoxy) is 2. The standard InChI is InChI=1S/C22H24N4O2S/c1-2-6-17-16(5-1)18-20(26-10-7-22(8-11-26)27-12-13-28-22)24-19(25-21(18)29-17)15-4-3-9-23-14-15/h3-4,9,14H,1-2,5-8,10-13H2. The summed E-state index contributed by atoms with van der Waals surface area (Å²) in [6, 6.07) is 3.98. The van der Waals surface area contributed by atoms with E-state index in [1.165, 1.54) is 35.1 Å². The number of thiophene rings is 1. The zero-order valence-corrected chi connectivity index (χ0v) is 17.2. The van der Waals surface area contributed by atoms with Crippen LogP contribution in [0.15, 0.2) is 24.5 Å². The molecule has 3 aromatic rings. The maximum Gasteiger partial charge on any atom is 0.171 e. The zero-order valence-electron chi connectivity index (χ0n) is 16.4. The molecule has 150 valence electrons. The average molecular weight is 409 g/mol. The van der Waals surface area contributed by atoms with Gasteiger partial charge in [0.25, 0.3) is 0 Å². The first kappa shape index (κ1) is 17.7. The van der Waals surface area contributed by atoms with Gasteiger partial charge in [-0.1, -0.05) is 0 Å². The quantitative estimate of drug-likeness (QED) is 0.639. The number of pyridine rings is 1. The summed E-state index contributed by atoms with van der Waals surface area (Å²) in [5.41, 5.74) is 2.45. The molecule has 0 bridgehead atoms. The predicted octanol–water partition coefficient (Wildman–Crippen LogP) is 3.98. The molecule has 3 aliphatic rings. The van der Waals surface area contributed by atoms with Crippen LogP contribution in [0.4, 0.5) is 5.82 Å². The normalized spacial score (nSPS) is 21.0. The van der Waals surface area contributed by atoms with Crippen LogP contribution < -0.4 is 4.90 Å². The van der Waals surface area contributed by atoms with E-state index in [0.717, 1.165) is 54.4 Å². The summed E-state index contributed by atoms with van der Waals surface area (Å²) in [4.78, 5) is 19.4. The number of rotatable bonds is 2. The Kier molecular flexibility index (Phi) is 4.29. The highest BCUT2D eigenvalue weighted by Crippen LogP contribution is 2.42. The Labute approximate surface area is 173 Å². The highest BCUT2D eigenvalue weighted by atomic mass is 32.1. The SMILES string of the molecule is c1cncc(-c2nc(N3CCC4(CC3)OCCO4)c3c4c(sc3n2)CCCC4)c1. The monoisotopic (exact) mass is 408 g/mol. The minimum Gasteiger partial charge on any atom is -0.356 e. The van der Waals surface area contributed by atoms with Crippen molar-refractivity contribution in [2.75, 3.05) is 31.2 Å². The van der Waals surface area contributed by atoms with Crippen LogP contribution in [0.25, 0.3) is 21.6 Å². The number of aryl methyl sites for hydroxylation is 2. The van der Waals surface area contributed by atoms with Crippen LogP contribution >= 0.6 is 11.3 Å². The van der Waals surface area contributed by atoms with Gasteiger partial charge in [0.15, 0.2) is 11.6 Å². The van der Waals surface area contributed by atoms with E-state index in [4.69, 9.17) is 19.4 Å². The summed E-state index contributed by atoms with van der Waals surface area (Å²) < 4.78 is 11.9. The van der Waals surface area contributed by atoms with Crippen molar-refractivity contribution in [3.8, 4) is 11.4 Å². The third-order valence-corrected chi connectivity index (χ3v) is 7.54. The molecule has 0 saturated carbocycles. The number of piperidine rings is 1. The van der Waals surface area contributed by atoms with Gasteiger partial charge >= 0.3 is 0 Å². The van der Waals surface area contributed by atoms with E-state index >= 15 is 0 Å². The van der Waals surface area contributed by atoms with Gasteiger partial charge in [0.1, 0.15) is 10.6 Å². The molecule has 0 radical (unpaired) electrons. The lowest BCUT2D eigenvalue weighted by molar-refractivity contribution is -0.169. The lowest BCUT2D eigenvalue weighted by atomic mass is 9.96. The van der Waals surface area contributed by atoms with Crippen LogP contribution in [0, 0.1) is 0 Å². The Morgan fingerprint density at radius 3 is 2.66 bits per heavy atom. The molecule has 0 amide bonds. The van der Waals surface area contributed by atoms with Gasteiger partial charge in [-0.2, -0.15) is 0 Å². The summed E-state index contributed by atoms with van der Waals surface area (Å²) in [6.07, 6.45) is 10.2. The molecule has 3 aromatic heterocycles. The lowest BCUT2D eigenvalue weighted by Gasteiger charge is -2.38. The van der Waals surface area contributed by atoms with Gasteiger partial charge in [-0.05, 0) is 43.4 Å². The van der Waals surface area contributed by atoms with Crippen LogP contribution in [0.2, 0.25) is 0 Å². The van der Waals surface area contributed by atoms with Gasteiger partial charge in [0, 0.05) is 48.8 Å². The number of hydrogen-bond acceptors (Lipinski definition) is 7. The fourth-order valence-corrected chi connectivity index (χ4v) is 6.09. The van der Waals surface area contributed by atoms with Gasteiger partial charge in [0.05, 0.1) is 18.6 Å². The van der Waals surface area contributed by atoms with Crippen LogP contribution in [-0.4, -0.2) is 47.0 Å². The summed E-state index contributed by atoms with van der Waals surface area (Å²) in [7, 11) is 0. The third-order valence-electron chi connectivity index (χ3n) is 6.35. The van der Waals surface area contributed by atoms with E-state index in [9.17, 15) is 0 Å². The summed E-state index contributed by atoms with van der Waals surface area (Å²) in [5, 5.41) is 1.28. The Bertz CT molecular complexity index is 1040. The number of nitrogens with zero attached hydrogens (tertiary/aromatic N) is 4. The molecule has 1 spiro atoms. The molecule has 2 fully saturated rings. The first-order valence-electron chi connectivity index (χ1n) is 10.6. The Balaban J connectivity index is 1.45. The molecule has 7 heteroatoms. The zero-order chi connectivity index (χ0) is 19.3. The second-order valence-electron chi connectivity index (χ2n) is 8.10. The molecular weight excluding hydrogens is 384 g/mol. The van der Waals surface area contributed by atoms with Crippen molar-refractivity contribution in [2.45, 2.75) is 44.3 Å². The smallest absolute Gasteiger partial charge is 0.171 e. The molecule has 1 aliphatic carbocycles. The summed E-state index contributed by atoms with van der Waals surface area (Å²) >= 11 is 1.86. The fraction of sp³-hybridized carbons (Fsp3) is 0.500. The minimum absolute atomic E-state index is 0.372. The van der Waals surface area contributed by atoms with Gasteiger partial charge in [0.2, 0.25) is 0 Å². The second-order valence-corrected chi connectivity index (χ2v) is 9.18.